The first-order chi connectivity index (χ1) is 8.42. The molecule has 0 bridgehead atoms. The first-order valence-electron chi connectivity index (χ1n) is 5.80. The molecule has 1 heterocycles. The first-order valence-corrected chi connectivity index (χ1v) is 6.18. The number of phenols is 1. The number of ether oxygens (including phenoxy) is 1. The van der Waals surface area contributed by atoms with Crippen LogP contribution >= 0.6 is 11.6 Å². The number of aromatic hydroxyl groups is 1. The van der Waals surface area contributed by atoms with Crippen molar-refractivity contribution in [1.29, 1.82) is 0 Å². The molecule has 1 aliphatic rings. The normalized spacial score (nSPS) is 18.7. The fourth-order valence-corrected chi connectivity index (χ4v) is 2.23. The van der Waals surface area contributed by atoms with Gasteiger partial charge in [0.1, 0.15) is 5.75 Å². The van der Waals surface area contributed by atoms with Crippen LogP contribution in [0.2, 0.25) is 5.02 Å². The standard InChI is InChI=1S/C13H16ClNO3/c1-13(2)8-18-6-5-15(13)12(17)10-4-3-9(14)7-11(10)16/h3-4,7,16H,5-6,8H2,1-2H3. The van der Waals surface area contributed by atoms with Crippen molar-refractivity contribution in [2.24, 2.45) is 0 Å². The van der Waals surface area contributed by atoms with E-state index in [-0.39, 0.29) is 22.8 Å². The average Bonchev–Trinajstić information content (AvgIpc) is 2.27. The predicted molar refractivity (Wildman–Crippen MR) is 69.1 cm³/mol. The molecule has 98 valence electrons. The highest BCUT2D eigenvalue weighted by atomic mass is 35.5. The van der Waals surface area contributed by atoms with E-state index in [0.29, 0.717) is 24.8 Å². The van der Waals surface area contributed by atoms with E-state index in [1.807, 2.05) is 13.8 Å². The maximum atomic E-state index is 12.4. The minimum atomic E-state index is -0.374. The van der Waals surface area contributed by atoms with Crippen LogP contribution in [0.4, 0.5) is 0 Å². The van der Waals surface area contributed by atoms with E-state index >= 15 is 0 Å². The molecule has 2 rings (SSSR count). The van der Waals surface area contributed by atoms with E-state index in [2.05, 4.69) is 0 Å². The summed E-state index contributed by atoms with van der Waals surface area (Å²) in [7, 11) is 0. The van der Waals surface area contributed by atoms with Crippen molar-refractivity contribution in [2.75, 3.05) is 19.8 Å². The molecule has 1 aromatic carbocycles. The van der Waals surface area contributed by atoms with E-state index in [0.717, 1.165) is 0 Å². The Morgan fingerprint density at radius 1 is 1.50 bits per heavy atom. The monoisotopic (exact) mass is 269 g/mol. The number of halogens is 1. The van der Waals surface area contributed by atoms with Gasteiger partial charge in [0.2, 0.25) is 0 Å². The van der Waals surface area contributed by atoms with E-state index in [9.17, 15) is 9.90 Å². The zero-order valence-electron chi connectivity index (χ0n) is 10.4. The van der Waals surface area contributed by atoms with Crippen molar-refractivity contribution in [1.82, 2.24) is 4.90 Å². The lowest BCUT2D eigenvalue weighted by molar-refractivity contribution is -0.0371. The third-order valence-electron chi connectivity index (χ3n) is 3.08. The molecule has 0 radical (unpaired) electrons. The predicted octanol–water partition coefficient (Wildman–Crippen LogP) is 2.30. The van der Waals surface area contributed by atoms with Gasteiger partial charge in [0, 0.05) is 11.6 Å². The molecule has 18 heavy (non-hydrogen) atoms. The van der Waals surface area contributed by atoms with Crippen molar-refractivity contribution < 1.29 is 14.6 Å². The van der Waals surface area contributed by atoms with Crippen LogP contribution in [0.3, 0.4) is 0 Å². The second-order valence-electron chi connectivity index (χ2n) is 4.98. The number of phenolic OH excluding ortho intramolecular Hbond substituents is 1. The maximum Gasteiger partial charge on any atom is 0.258 e. The lowest BCUT2D eigenvalue weighted by Crippen LogP contribution is -2.55. The number of rotatable bonds is 1. The molecule has 1 N–H and O–H groups in total. The first kappa shape index (κ1) is 13.2. The van der Waals surface area contributed by atoms with Crippen molar-refractivity contribution >= 4 is 17.5 Å². The van der Waals surface area contributed by atoms with Gasteiger partial charge in [-0.15, -0.1) is 0 Å². The summed E-state index contributed by atoms with van der Waals surface area (Å²) in [6.45, 7) is 5.42. The third-order valence-corrected chi connectivity index (χ3v) is 3.32. The van der Waals surface area contributed by atoms with Crippen LogP contribution < -0.4 is 0 Å². The van der Waals surface area contributed by atoms with E-state index in [1.165, 1.54) is 6.07 Å². The van der Waals surface area contributed by atoms with Crippen LogP contribution in [0.15, 0.2) is 18.2 Å². The molecule has 4 nitrogen and oxygen atoms in total. The number of morpholine rings is 1. The average molecular weight is 270 g/mol. The van der Waals surface area contributed by atoms with Gasteiger partial charge < -0.3 is 14.7 Å². The van der Waals surface area contributed by atoms with Gasteiger partial charge in [0.05, 0.1) is 24.3 Å². The van der Waals surface area contributed by atoms with Gasteiger partial charge in [-0.2, -0.15) is 0 Å². The second kappa shape index (κ2) is 4.78. The smallest absolute Gasteiger partial charge is 0.258 e. The topological polar surface area (TPSA) is 49.8 Å². The van der Waals surface area contributed by atoms with Crippen molar-refractivity contribution in [2.45, 2.75) is 19.4 Å². The highest BCUT2D eigenvalue weighted by Crippen LogP contribution is 2.27. The zero-order chi connectivity index (χ0) is 13.3. The van der Waals surface area contributed by atoms with Crippen molar-refractivity contribution in [3.63, 3.8) is 0 Å². The summed E-state index contributed by atoms with van der Waals surface area (Å²) in [5.41, 5.74) is -0.101. The fraction of sp³-hybridized carbons (Fsp3) is 0.462. The quantitative estimate of drug-likeness (QED) is 0.851. The van der Waals surface area contributed by atoms with Gasteiger partial charge in [0.15, 0.2) is 0 Å². The summed E-state index contributed by atoms with van der Waals surface area (Å²) >= 11 is 5.76. The Labute approximate surface area is 111 Å². The molecule has 0 spiro atoms. The van der Waals surface area contributed by atoms with Crippen LogP contribution in [0.1, 0.15) is 24.2 Å². The summed E-state index contributed by atoms with van der Waals surface area (Å²) < 4.78 is 5.37. The maximum absolute atomic E-state index is 12.4. The molecule has 0 atom stereocenters. The van der Waals surface area contributed by atoms with Crippen LogP contribution in [0.25, 0.3) is 0 Å². The van der Waals surface area contributed by atoms with E-state index in [4.69, 9.17) is 16.3 Å². The van der Waals surface area contributed by atoms with Crippen molar-refractivity contribution in [3.8, 4) is 5.75 Å². The molecule has 1 amide bonds. The molecule has 5 heteroatoms. The van der Waals surface area contributed by atoms with Crippen LogP contribution in [-0.4, -0.2) is 41.2 Å². The summed E-state index contributed by atoms with van der Waals surface area (Å²) in [6, 6.07) is 4.52. The minimum Gasteiger partial charge on any atom is -0.507 e. The van der Waals surface area contributed by atoms with Crippen LogP contribution in [0.5, 0.6) is 5.75 Å². The molecular formula is C13H16ClNO3. The molecular weight excluding hydrogens is 254 g/mol. The summed E-state index contributed by atoms with van der Waals surface area (Å²) in [5, 5.41) is 10.2. The number of carbonyl (C=O) groups excluding carboxylic acids is 1. The van der Waals surface area contributed by atoms with Gasteiger partial charge in [-0.05, 0) is 32.0 Å². The summed E-state index contributed by atoms with van der Waals surface area (Å²) in [4.78, 5) is 14.1. The lowest BCUT2D eigenvalue weighted by Gasteiger charge is -2.42. The molecule has 1 aromatic rings. The largest absolute Gasteiger partial charge is 0.507 e. The number of benzene rings is 1. The molecule has 1 aliphatic heterocycles. The Kier molecular flexibility index (Phi) is 3.50. The van der Waals surface area contributed by atoms with Crippen molar-refractivity contribution in [3.05, 3.63) is 28.8 Å². The SMILES string of the molecule is CC1(C)COCCN1C(=O)c1ccc(Cl)cc1O. The Morgan fingerprint density at radius 2 is 2.22 bits per heavy atom. The van der Waals surface area contributed by atoms with Gasteiger partial charge in [0.25, 0.3) is 5.91 Å². The van der Waals surface area contributed by atoms with E-state index < -0.39 is 0 Å². The molecule has 0 unspecified atom stereocenters. The fourth-order valence-electron chi connectivity index (χ4n) is 2.07. The van der Waals surface area contributed by atoms with Crippen LogP contribution in [-0.2, 0) is 4.74 Å². The summed E-state index contributed by atoms with van der Waals surface area (Å²) in [6.07, 6.45) is 0. The molecule has 0 aromatic heterocycles. The zero-order valence-corrected chi connectivity index (χ0v) is 11.2. The highest BCUT2D eigenvalue weighted by molar-refractivity contribution is 6.30. The number of hydrogen-bond acceptors (Lipinski definition) is 3. The number of amides is 1. The number of nitrogens with zero attached hydrogens (tertiary/aromatic N) is 1. The van der Waals surface area contributed by atoms with E-state index in [1.54, 1.807) is 17.0 Å². The minimum absolute atomic E-state index is 0.0882. The Balaban J connectivity index is 2.30. The molecule has 1 saturated heterocycles. The third kappa shape index (κ3) is 2.44. The highest BCUT2D eigenvalue weighted by Gasteiger charge is 2.35. The number of hydrogen-bond donors (Lipinski definition) is 1. The van der Waals surface area contributed by atoms with Gasteiger partial charge in [-0.3, -0.25) is 4.79 Å². The van der Waals surface area contributed by atoms with Gasteiger partial charge >= 0.3 is 0 Å². The van der Waals surface area contributed by atoms with Gasteiger partial charge in [-0.1, -0.05) is 11.6 Å². The molecule has 0 saturated carbocycles. The molecule has 0 aliphatic carbocycles. The van der Waals surface area contributed by atoms with Gasteiger partial charge in [-0.25, -0.2) is 0 Å². The lowest BCUT2D eigenvalue weighted by atomic mass is 10.0. The number of carbonyl (C=O) groups is 1. The Morgan fingerprint density at radius 3 is 2.83 bits per heavy atom. The Bertz CT molecular complexity index is 473. The summed E-state index contributed by atoms with van der Waals surface area (Å²) in [5.74, 6) is -0.285. The second-order valence-corrected chi connectivity index (χ2v) is 5.42. The van der Waals surface area contributed by atoms with Crippen LogP contribution in [0, 0.1) is 0 Å². The molecule has 1 fully saturated rings. The Hall–Kier alpha value is -1.26.